The van der Waals surface area contributed by atoms with Crippen molar-refractivity contribution in [2.75, 3.05) is 0 Å². The first-order valence-electron chi connectivity index (χ1n) is 5.48. The van der Waals surface area contributed by atoms with Crippen molar-refractivity contribution in [2.45, 2.75) is 12.8 Å². The smallest absolute Gasteiger partial charge is 0.315 e. The Morgan fingerprint density at radius 1 is 1.22 bits per heavy atom. The van der Waals surface area contributed by atoms with Gasteiger partial charge in [-0.15, -0.1) is 0 Å². The molecule has 2 rings (SSSR count). The highest BCUT2D eigenvalue weighted by molar-refractivity contribution is 5.80. The normalized spacial score (nSPS) is 12.1. The van der Waals surface area contributed by atoms with Gasteiger partial charge in [0.15, 0.2) is 0 Å². The number of nitrogens with zero attached hydrogens (tertiary/aromatic N) is 1. The summed E-state index contributed by atoms with van der Waals surface area (Å²) in [5, 5.41) is 9.33. The summed E-state index contributed by atoms with van der Waals surface area (Å²) in [5.41, 5.74) is 1.63. The van der Waals surface area contributed by atoms with Crippen LogP contribution in [0.25, 0.3) is 0 Å². The van der Waals surface area contributed by atoms with Crippen LogP contribution in [0.1, 0.15) is 22.6 Å². The summed E-state index contributed by atoms with van der Waals surface area (Å²) in [5.74, 6) is -2.10. The third kappa shape index (κ3) is 2.37. The van der Waals surface area contributed by atoms with Crippen LogP contribution >= 0.6 is 0 Å². The van der Waals surface area contributed by atoms with Gasteiger partial charge in [0.25, 0.3) is 0 Å². The molecule has 92 valence electrons. The first-order chi connectivity index (χ1) is 8.59. The summed E-state index contributed by atoms with van der Waals surface area (Å²) >= 11 is 0. The highest BCUT2D eigenvalue weighted by Gasteiger charge is 2.22. The second-order valence-electron chi connectivity index (χ2n) is 4.06. The Kier molecular flexibility index (Phi) is 3.37. The van der Waals surface area contributed by atoms with Crippen molar-refractivity contribution in [3.05, 3.63) is 65.2 Å². The van der Waals surface area contributed by atoms with Gasteiger partial charge < -0.3 is 5.11 Å². The van der Waals surface area contributed by atoms with Crippen molar-refractivity contribution in [3.8, 4) is 0 Å². The molecule has 0 aliphatic heterocycles. The third-order valence-corrected chi connectivity index (χ3v) is 2.80. The summed E-state index contributed by atoms with van der Waals surface area (Å²) in [7, 11) is 0. The van der Waals surface area contributed by atoms with Crippen LogP contribution in [0, 0.1) is 12.7 Å². The Morgan fingerprint density at radius 2 is 1.89 bits per heavy atom. The van der Waals surface area contributed by atoms with Crippen LogP contribution in [0.15, 0.2) is 42.7 Å². The zero-order valence-corrected chi connectivity index (χ0v) is 9.80. The molecule has 2 aromatic rings. The van der Waals surface area contributed by atoms with Gasteiger partial charge in [0.05, 0.1) is 0 Å². The van der Waals surface area contributed by atoms with E-state index in [0.717, 1.165) is 0 Å². The average molecular weight is 245 g/mol. The monoisotopic (exact) mass is 245 g/mol. The fourth-order valence-corrected chi connectivity index (χ4v) is 1.88. The number of pyridine rings is 1. The molecule has 0 aliphatic carbocycles. The van der Waals surface area contributed by atoms with Crippen molar-refractivity contribution in [1.29, 1.82) is 0 Å². The predicted molar refractivity (Wildman–Crippen MR) is 64.9 cm³/mol. The quantitative estimate of drug-likeness (QED) is 0.904. The molecule has 0 bridgehead atoms. The molecule has 1 heterocycles. The molecule has 1 aromatic heterocycles. The van der Waals surface area contributed by atoms with Crippen molar-refractivity contribution >= 4 is 5.97 Å². The predicted octanol–water partition coefficient (Wildman–Crippen LogP) is 2.75. The molecule has 0 saturated carbocycles. The molecule has 1 aromatic carbocycles. The van der Waals surface area contributed by atoms with Crippen LogP contribution in [-0.2, 0) is 4.79 Å². The number of hydrogen-bond donors (Lipinski definition) is 1. The van der Waals surface area contributed by atoms with Gasteiger partial charge in [0.2, 0.25) is 0 Å². The van der Waals surface area contributed by atoms with E-state index in [1.165, 1.54) is 12.1 Å². The van der Waals surface area contributed by atoms with Crippen molar-refractivity contribution in [2.24, 2.45) is 0 Å². The summed E-state index contributed by atoms with van der Waals surface area (Å²) in [4.78, 5) is 15.2. The van der Waals surface area contributed by atoms with E-state index in [2.05, 4.69) is 4.98 Å². The van der Waals surface area contributed by atoms with E-state index in [4.69, 9.17) is 0 Å². The van der Waals surface area contributed by atoms with E-state index >= 15 is 0 Å². The molecular formula is C14H12FNO2. The fourth-order valence-electron chi connectivity index (χ4n) is 1.88. The minimum atomic E-state index is -0.966. The molecule has 0 aliphatic rings. The van der Waals surface area contributed by atoms with Crippen LogP contribution in [0.2, 0.25) is 0 Å². The first kappa shape index (κ1) is 12.2. The highest BCUT2D eigenvalue weighted by atomic mass is 19.1. The molecule has 4 heteroatoms. The van der Waals surface area contributed by atoms with E-state index < -0.39 is 11.9 Å². The molecule has 1 unspecified atom stereocenters. The number of aliphatic carboxylic acids is 1. The van der Waals surface area contributed by atoms with Crippen molar-refractivity contribution in [3.63, 3.8) is 0 Å². The summed E-state index contributed by atoms with van der Waals surface area (Å²) in [6.07, 6.45) is 3.09. The first-order valence-corrected chi connectivity index (χ1v) is 5.48. The van der Waals surface area contributed by atoms with E-state index in [0.29, 0.717) is 16.7 Å². The zero-order valence-electron chi connectivity index (χ0n) is 9.80. The fraction of sp³-hybridized carbons (Fsp3) is 0.143. The lowest BCUT2D eigenvalue weighted by molar-refractivity contribution is -0.137. The Labute approximate surface area is 104 Å². The van der Waals surface area contributed by atoms with Gasteiger partial charge in [-0.1, -0.05) is 12.1 Å². The third-order valence-electron chi connectivity index (χ3n) is 2.80. The van der Waals surface area contributed by atoms with Crippen LogP contribution in [0.4, 0.5) is 4.39 Å². The molecule has 0 amide bonds. The van der Waals surface area contributed by atoms with Crippen molar-refractivity contribution in [1.82, 2.24) is 4.98 Å². The Morgan fingerprint density at radius 3 is 2.44 bits per heavy atom. The number of benzene rings is 1. The summed E-state index contributed by atoms with van der Waals surface area (Å²) < 4.78 is 13.2. The SMILES string of the molecule is Cc1cc(C(C(=O)O)c2ccncc2)ccc1F. The van der Waals surface area contributed by atoms with Gasteiger partial charge in [-0.2, -0.15) is 0 Å². The Bertz CT molecular complexity index is 569. The molecule has 0 radical (unpaired) electrons. The minimum absolute atomic E-state index is 0.336. The van der Waals surface area contributed by atoms with Crippen LogP contribution < -0.4 is 0 Å². The summed E-state index contributed by atoms with van der Waals surface area (Å²) in [6.45, 7) is 1.62. The molecule has 0 saturated heterocycles. The second kappa shape index (κ2) is 4.96. The summed E-state index contributed by atoms with van der Waals surface area (Å²) in [6, 6.07) is 7.66. The molecule has 1 N–H and O–H groups in total. The van der Waals surface area contributed by atoms with E-state index in [9.17, 15) is 14.3 Å². The lowest BCUT2D eigenvalue weighted by Crippen LogP contribution is -2.13. The number of aromatic nitrogens is 1. The number of carboxylic acid groups (broad SMARTS) is 1. The largest absolute Gasteiger partial charge is 0.481 e. The maximum absolute atomic E-state index is 13.2. The van der Waals surface area contributed by atoms with Gasteiger partial charge in [-0.3, -0.25) is 9.78 Å². The van der Waals surface area contributed by atoms with Crippen LogP contribution in [0.5, 0.6) is 0 Å². The van der Waals surface area contributed by atoms with E-state index in [1.807, 2.05) is 0 Å². The van der Waals surface area contributed by atoms with Gasteiger partial charge in [-0.25, -0.2) is 4.39 Å². The maximum atomic E-state index is 13.2. The van der Waals surface area contributed by atoms with Gasteiger partial charge in [0.1, 0.15) is 11.7 Å². The number of carbonyl (C=O) groups is 1. The number of hydrogen-bond acceptors (Lipinski definition) is 2. The van der Waals surface area contributed by atoms with E-state index in [1.54, 1.807) is 37.5 Å². The van der Waals surface area contributed by atoms with E-state index in [-0.39, 0.29) is 5.82 Å². The molecule has 18 heavy (non-hydrogen) atoms. The zero-order chi connectivity index (χ0) is 13.1. The molecule has 1 atom stereocenters. The molecule has 3 nitrogen and oxygen atoms in total. The molecule has 0 fully saturated rings. The number of rotatable bonds is 3. The van der Waals surface area contributed by atoms with Gasteiger partial charge >= 0.3 is 5.97 Å². The standard InChI is InChI=1S/C14H12FNO2/c1-9-8-11(2-3-12(9)15)13(14(17)18)10-4-6-16-7-5-10/h2-8,13H,1H3,(H,17,18). The van der Waals surface area contributed by atoms with Gasteiger partial charge in [0, 0.05) is 12.4 Å². The number of carboxylic acids is 1. The Hall–Kier alpha value is -2.23. The topological polar surface area (TPSA) is 50.2 Å². The Balaban J connectivity index is 2.49. The van der Waals surface area contributed by atoms with Gasteiger partial charge in [-0.05, 0) is 41.8 Å². The molecular weight excluding hydrogens is 233 g/mol. The lowest BCUT2D eigenvalue weighted by atomic mass is 9.91. The minimum Gasteiger partial charge on any atom is -0.481 e. The second-order valence-corrected chi connectivity index (χ2v) is 4.06. The highest BCUT2D eigenvalue weighted by Crippen LogP contribution is 2.25. The van der Waals surface area contributed by atoms with Crippen LogP contribution in [0.3, 0.4) is 0 Å². The average Bonchev–Trinajstić information content (AvgIpc) is 2.35. The number of aryl methyl sites for hydroxylation is 1. The lowest BCUT2D eigenvalue weighted by Gasteiger charge is -2.13. The maximum Gasteiger partial charge on any atom is 0.315 e. The van der Waals surface area contributed by atoms with Crippen LogP contribution in [-0.4, -0.2) is 16.1 Å². The number of halogens is 1. The van der Waals surface area contributed by atoms with Crippen molar-refractivity contribution < 1.29 is 14.3 Å². The molecule has 0 spiro atoms.